The molecule has 8 heteroatoms. The zero-order valence-electron chi connectivity index (χ0n) is 62.8. The number of nitrogens with zero attached hydrogens (tertiary/aromatic N) is 8. The molecule has 0 N–H and O–H groups in total. The Morgan fingerprint density at radius 3 is 0.819 bits per heavy atom. The van der Waals surface area contributed by atoms with Crippen LogP contribution in [0.4, 0.5) is 0 Å². The lowest BCUT2D eigenvalue weighted by Crippen LogP contribution is -1.98. The topological polar surface area (TPSA) is 71.3 Å². The van der Waals surface area contributed by atoms with Crippen LogP contribution in [0, 0.1) is 0 Å². The van der Waals surface area contributed by atoms with Crippen molar-refractivity contribution in [3.8, 4) is 90.3 Å². The van der Waals surface area contributed by atoms with E-state index in [-0.39, 0.29) is 0 Å². The largest absolute Gasteiger partial charge is 0.309 e. The van der Waals surface area contributed by atoms with E-state index in [1.165, 1.54) is 110 Å². The second kappa shape index (κ2) is 27.1. The third kappa shape index (κ3) is 10.9. The van der Waals surface area contributed by atoms with Gasteiger partial charge in [0.25, 0.3) is 0 Å². The zero-order valence-corrected chi connectivity index (χ0v) is 62.8. The first kappa shape index (κ1) is 66.2. The van der Waals surface area contributed by atoms with E-state index in [0.29, 0.717) is 11.6 Å². The highest BCUT2D eigenvalue weighted by molar-refractivity contribution is 6.17. The molecule has 0 bridgehead atoms. The van der Waals surface area contributed by atoms with Gasteiger partial charge in [0, 0.05) is 110 Å². The molecule has 0 aliphatic heterocycles. The number of aromatic nitrogens is 8. The number of hydrogen-bond donors (Lipinski definition) is 0. The molecule has 0 fully saturated rings. The first-order valence-corrected chi connectivity index (χ1v) is 39.5. The second-order valence-electron chi connectivity index (χ2n) is 30.0. The van der Waals surface area contributed by atoms with Crippen molar-refractivity contribution in [2.45, 2.75) is 0 Å². The van der Waals surface area contributed by atoms with Crippen LogP contribution in [0.5, 0.6) is 0 Å². The quantitative estimate of drug-likeness (QED) is 0.128. The van der Waals surface area contributed by atoms with Crippen LogP contribution in [0.1, 0.15) is 0 Å². The van der Waals surface area contributed by atoms with Gasteiger partial charge in [0.15, 0.2) is 11.6 Å². The molecule has 24 rings (SSSR count). The predicted octanol–water partition coefficient (Wildman–Crippen LogP) is 28.0. The summed E-state index contributed by atoms with van der Waals surface area (Å²) in [5.74, 6) is 1.42. The molecule has 18 aromatic carbocycles. The number of rotatable bonds is 10. The fourth-order valence-electron chi connectivity index (χ4n) is 18.0. The van der Waals surface area contributed by atoms with E-state index in [2.05, 4.69) is 419 Å². The van der Waals surface area contributed by atoms with Crippen molar-refractivity contribution in [1.29, 1.82) is 0 Å². The number of para-hydroxylation sites is 6. The van der Waals surface area contributed by atoms with Gasteiger partial charge in [0.2, 0.25) is 0 Å². The van der Waals surface area contributed by atoms with Gasteiger partial charge in [-0.3, -0.25) is 0 Å². The van der Waals surface area contributed by atoms with Gasteiger partial charge >= 0.3 is 0 Å². The van der Waals surface area contributed by atoms with Crippen LogP contribution in [0.2, 0.25) is 0 Å². The molecule has 540 valence electrons. The highest BCUT2D eigenvalue weighted by Gasteiger charge is 2.23. The minimum absolute atomic E-state index is 0.705. The van der Waals surface area contributed by atoms with Crippen LogP contribution in [-0.4, -0.2) is 38.2 Å². The Kier molecular flexibility index (Phi) is 15.5. The SMILES string of the molecule is c1ccc(-c2nc(-c3ccc(-n4c5ccccc5c5cc(-c6ccc7c(c6)c6ccccc6n7-c6ccccc6)ccc54)cc3)nc3c2ccc2ccccc23)cc1.c1ccc(-c2nc(-c3cccc(-n4c5ccccc5c5cc(-c6ccc7c(c6)c6ccccc6n7-c6ccccc6)ccc54)c3)nc3c2ccc2ccccc23)cc1. The van der Waals surface area contributed by atoms with Crippen molar-refractivity contribution in [3.63, 3.8) is 0 Å². The second-order valence-corrected chi connectivity index (χ2v) is 30.0. The van der Waals surface area contributed by atoms with E-state index in [1.54, 1.807) is 0 Å². The van der Waals surface area contributed by atoms with Gasteiger partial charge in [0.1, 0.15) is 0 Å². The van der Waals surface area contributed by atoms with Crippen molar-refractivity contribution in [2.24, 2.45) is 0 Å². The third-order valence-electron chi connectivity index (χ3n) is 23.4. The molecule has 24 aromatic rings. The Labute approximate surface area is 667 Å². The summed E-state index contributed by atoms with van der Waals surface area (Å²) < 4.78 is 9.49. The average molecular weight is 1480 g/mol. The van der Waals surface area contributed by atoms with E-state index in [4.69, 9.17) is 19.9 Å². The van der Waals surface area contributed by atoms with Crippen molar-refractivity contribution >= 4 is 131 Å². The van der Waals surface area contributed by atoms with Crippen LogP contribution in [0.3, 0.4) is 0 Å². The summed E-state index contributed by atoms with van der Waals surface area (Å²) in [5.41, 5.74) is 26.6. The third-order valence-corrected chi connectivity index (χ3v) is 23.4. The van der Waals surface area contributed by atoms with Crippen molar-refractivity contribution in [2.75, 3.05) is 0 Å². The van der Waals surface area contributed by atoms with E-state index < -0.39 is 0 Å². The fraction of sp³-hybridized carbons (Fsp3) is 0. The maximum absolute atomic E-state index is 5.29. The molecule has 0 amide bonds. The smallest absolute Gasteiger partial charge is 0.160 e. The summed E-state index contributed by atoms with van der Waals surface area (Å²) in [6.07, 6.45) is 0. The highest BCUT2D eigenvalue weighted by atomic mass is 15.0. The Morgan fingerprint density at radius 1 is 0.147 bits per heavy atom. The Bertz CT molecular complexity index is 8060. The number of fused-ring (bicyclic) bond motifs is 18. The van der Waals surface area contributed by atoms with Crippen molar-refractivity contribution in [1.82, 2.24) is 38.2 Å². The molecular weight excluding hydrogens is 1410 g/mol. The van der Waals surface area contributed by atoms with Crippen LogP contribution >= 0.6 is 0 Å². The van der Waals surface area contributed by atoms with Crippen LogP contribution < -0.4 is 0 Å². The van der Waals surface area contributed by atoms with Gasteiger partial charge in [-0.25, -0.2) is 19.9 Å². The molecule has 0 saturated heterocycles. The Balaban J connectivity index is 0.000000137. The number of benzene rings is 18. The van der Waals surface area contributed by atoms with E-state index in [1.807, 2.05) is 12.1 Å². The molecule has 0 aliphatic rings. The first-order valence-electron chi connectivity index (χ1n) is 39.5. The standard InChI is InChI=1S/2C54H34N4/c1-3-15-36(16-4-1)52-45-29-26-35-14-7-8-21-42(35)53(45)56-54(55-52)39-17-13-20-41(32-39)58-49-25-12-10-23-44(49)47-34-38(28-31-51(47)58)37-27-30-50-46(33-37)43-22-9-11-24-48(43)57(50)40-18-5-2-6-19-40;1-3-14-36(15-4-1)52-45-30-25-35-13-7-8-18-42(35)53(45)56-54(55-52)37-23-28-41(29-24-37)58-49-22-12-10-20-44(49)47-34-39(27-32-51(47)58)38-26-31-50-46(33-38)43-19-9-11-21-48(43)57(50)40-16-5-2-6-17-40/h2*1-34H. The Hall–Kier alpha value is -15.6. The summed E-state index contributed by atoms with van der Waals surface area (Å²) in [6.45, 7) is 0. The summed E-state index contributed by atoms with van der Waals surface area (Å²) in [6, 6.07) is 148. The molecule has 116 heavy (non-hydrogen) atoms. The van der Waals surface area contributed by atoms with Crippen molar-refractivity contribution in [3.05, 3.63) is 413 Å². The molecule has 0 spiro atoms. The summed E-state index contributed by atoms with van der Waals surface area (Å²) in [4.78, 5) is 21.0. The normalized spacial score (nSPS) is 11.8. The van der Waals surface area contributed by atoms with Gasteiger partial charge in [0.05, 0.1) is 66.6 Å². The highest BCUT2D eigenvalue weighted by Crippen LogP contribution is 2.44. The average Bonchev–Trinajstić information content (AvgIpc) is 1.58. The van der Waals surface area contributed by atoms with E-state index in [0.717, 1.165) is 99.7 Å². The molecular formula is C108H68N8. The van der Waals surface area contributed by atoms with E-state index in [9.17, 15) is 0 Å². The zero-order chi connectivity index (χ0) is 76.3. The summed E-state index contributed by atoms with van der Waals surface area (Å²) in [7, 11) is 0. The maximum atomic E-state index is 5.29. The van der Waals surface area contributed by atoms with E-state index >= 15 is 0 Å². The van der Waals surface area contributed by atoms with Gasteiger partial charge < -0.3 is 18.3 Å². The Morgan fingerprint density at radius 2 is 0.431 bits per heavy atom. The van der Waals surface area contributed by atoms with Crippen LogP contribution in [0.15, 0.2) is 413 Å². The molecule has 0 saturated carbocycles. The lowest BCUT2D eigenvalue weighted by molar-refractivity contribution is 1.17. The molecule has 0 radical (unpaired) electrons. The monoisotopic (exact) mass is 1480 g/mol. The van der Waals surface area contributed by atoms with Crippen molar-refractivity contribution < 1.29 is 0 Å². The molecule has 0 aliphatic carbocycles. The molecule has 0 unspecified atom stereocenters. The maximum Gasteiger partial charge on any atom is 0.160 e. The summed E-state index contributed by atoms with van der Waals surface area (Å²) in [5, 5.41) is 16.5. The predicted molar refractivity (Wildman–Crippen MR) is 484 cm³/mol. The molecule has 6 heterocycles. The summed E-state index contributed by atoms with van der Waals surface area (Å²) >= 11 is 0. The lowest BCUT2D eigenvalue weighted by Gasteiger charge is -2.13. The minimum atomic E-state index is 0.705. The number of hydrogen-bond acceptors (Lipinski definition) is 4. The molecule has 8 nitrogen and oxygen atoms in total. The fourth-order valence-corrected chi connectivity index (χ4v) is 18.0. The first-order chi connectivity index (χ1) is 57.5. The molecule has 0 atom stereocenters. The van der Waals surface area contributed by atoms with Crippen LogP contribution in [-0.2, 0) is 0 Å². The van der Waals surface area contributed by atoms with Gasteiger partial charge in [-0.05, 0) is 179 Å². The lowest BCUT2D eigenvalue weighted by atomic mass is 10.0. The minimum Gasteiger partial charge on any atom is -0.309 e. The van der Waals surface area contributed by atoms with Gasteiger partial charge in [-0.2, -0.15) is 0 Å². The van der Waals surface area contributed by atoms with Gasteiger partial charge in [-0.1, -0.05) is 267 Å². The van der Waals surface area contributed by atoms with Crippen LogP contribution in [0.25, 0.3) is 221 Å². The molecule has 6 aromatic heterocycles. The van der Waals surface area contributed by atoms with Gasteiger partial charge in [-0.15, -0.1) is 0 Å².